The van der Waals surface area contributed by atoms with Gasteiger partial charge >= 0.3 is 0 Å². The highest BCUT2D eigenvalue weighted by Crippen LogP contribution is 2.16. The molecule has 0 bridgehead atoms. The van der Waals surface area contributed by atoms with Crippen molar-refractivity contribution >= 4 is 0 Å². The Hall–Kier alpha value is -1.90. The molecule has 1 aromatic carbocycles. The first-order valence-electron chi connectivity index (χ1n) is 4.12. The number of aliphatic hydroxyl groups is 1. The summed E-state index contributed by atoms with van der Waals surface area (Å²) in [5, 5.41) is 8.57. The molecule has 0 aliphatic carbocycles. The van der Waals surface area contributed by atoms with E-state index in [2.05, 4.69) is 11.8 Å². The van der Waals surface area contributed by atoms with Gasteiger partial charge in [0.05, 0.1) is 6.61 Å². The Morgan fingerprint density at radius 1 is 1.14 bits per heavy atom. The van der Waals surface area contributed by atoms with E-state index in [1.54, 1.807) is 18.2 Å². The van der Waals surface area contributed by atoms with Gasteiger partial charge in [-0.1, -0.05) is 11.8 Å². The number of hydrogen-bond acceptors (Lipinski definition) is 2. The third-order valence-electron chi connectivity index (χ3n) is 1.60. The lowest BCUT2D eigenvalue weighted by Gasteiger charge is -2.05. The van der Waals surface area contributed by atoms with Crippen LogP contribution >= 0.6 is 0 Å². The largest absolute Gasteiger partial charge is 0.491 e. The normalized spacial score (nSPS) is 8.79. The molecule has 0 aliphatic rings. The first kappa shape index (κ1) is 10.2. The van der Waals surface area contributed by atoms with E-state index in [0.717, 1.165) is 0 Å². The molecule has 0 heterocycles. The summed E-state index contributed by atoms with van der Waals surface area (Å²) in [6.07, 6.45) is 10.5. The van der Waals surface area contributed by atoms with Crippen molar-refractivity contribution in [1.82, 2.24) is 0 Å². The highest BCUT2D eigenvalue weighted by molar-refractivity contribution is 5.47. The van der Waals surface area contributed by atoms with E-state index in [0.29, 0.717) is 16.9 Å². The Morgan fingerprint density at radius 2 is 1.71 bits per heavy atom. The lowest BCUT2D eigenvalue weighted by molar-refractivity contribution is 0.201. The van der Waals surface area contributed by atoms with Gasteiger partial charge < -0.3 is 9.84 Å². The van der Waals surface area contributed by atoms with Crippen LogP contribution in [0.4, 0.5) is 0 Å². The van der Waals surface area contributed by atoms with Crippen molar-refractivity contribution in [3.8, 4) is 30.4 Å². The van der Waals surface area contributed by atoms with Gasteiger partial charge in [-0.25, -0.2) is 0 Å². The molecule has 0 atom stereocenters. The zero-order chi connectivity index (χ0) is 10.4. The molecule has 70 valence electrons. The number of ether oxygens (including phenoxy) is 1. The SMILES string of the molecule is C#Cc1cc(C#C)cc(OCCO)c1. The van der Waals surface area contributed by atoms with Crippen LogP contribution in [0.15, 0.2) is 18.2 Å². The van der Waals surface area contributed by atoms with E-state index in [1.165, 1.54) is 0 Å². The minimum Gasteiger partial charge on any atom is -0.491 e. The fourth-order valence-electron chi connectivity index (χ4n) is 1.01. The molecule has 1 aromatic rings. The summed E-state index contributed by atoms with van der Waals surface area (Å²) in [6.45, 7) is 0.198. The smallest absolute Gasteiger partial charge is 0.121 e. The van der Waals surface area contributed by atoms with Crippen molar-refractivity contribution in [2.75, 3.05) is 13.2 Å². The van der Waals surface area contributed by atoms with Gasteiger partial charge in [0, 0.05) is 11.1 Å². The van der Waals surface area contributed by atoms with Gasteiger partial charge in [-0.2, -0.15) is 0 Å². The van der Waals surface area contributed by atoms with Crippen LogP contribution in [-0.2, 0) is 0 Å². The average Bonchev–Trinajstić information content (AvgIpc) is 2.25. The maximum atomic E-state index is 8.57. The predicted molar refractivity (Wildman–Crippen MR) is 54.9 cm³/mol. The number of hydrogen-bond donors (Lipinski definition) is 1. The molecule has 2 nitrogen and oxygen atoms in total. The summed E-state index contributed by atoms with van der Waals surface area (Å²) < 4.78 is 5.20. The number of aliphatic hydroxyl groups excluding tert-OH is 1. The molecular formula is C12H10O2. The van der Waals surface area contributed by atoms with Crippen LogP contribution in [-0.4, -0.2) is 18.3 Å². The second-order valence-corrected chi connectivity index (χ2v) is 2.61. The third-order valence-corrected chi connectivity index (χ3v) is 1.60. The number of benzene rings is 1. The lowest BCUT2D eigenvalue weighted by Crippen LogP contribution is -2.01. The van der Waals surface area contributed by atoms with Gasteiger partial charge in [-0.05, 0) is 18.2 Å². The van der Waals surface area contributed by atoms with Gasteiger partial charge in [-0.3, -0.25) is 0 Å². The topological polar surface area (TPSA) is 29.5 Å². The van der Waals surface area contributed by atoms with Crippen LogP contribution in [0.5, 0.6) is 5.75 Å². The van der Waals surface area contributed by atoms with Crippen molar-refractivity contribution in [2.45, 2.75) is 0 Å². The Morgan fingerprint density at radius 3 is 2.14 bits per heavy atom. The Balaban J connectivity index is 2.95. The summed E-state index contributed by atoms with van der Waals surface area (Å²) in [6, 6.07) is 5.14. The zero-order valence-electron chi connectivity index (χ0n) is 7.66. The maximum Gasteiger partial charge on any atom is 0.121 e. The van der Waals surface area contributed by atoms with E-state index in [9.17, 15) is 0 Å². The van der Waals surface area contributed by atoms with Crippen LogP contribution < -0.4 is 4.74 Å². The van der Waals surface area contributed by atoms with Gasteiger partial charge in [0.25, 0.3) is 0 Å². The second kappa shape index (κ2) is 4.97. The molecule has 0 fully saturated rings. The van der Waals surface area contributed by atoms with Crippen molar-refractivity contribution in [1.29, 1.82) is 0 Å². The van der Waals surface area contributed by atoms with Gasteiger partial charge in [-0.15, -0.1) is 12.8 Å². The van der Waals surface area contributed by atoms with Crippen LogP contribution in [0.25, 0.3) is 0 Å². The highest BCUT2D eigenvalue weighted by Gasteiger charge is 1.98. The van der Waals surface area contributed by atoms with Gasteiger partial charge in [0.15, 0.2) is 0 Å². The quantitative estimate of drug-likeness (QED) is 0.714. The molecule has 0 spiro atoms. The lowest BCUT2D eigenvalue weighted by atomic mass is 10.1. The molecule has 0 amide bonds. The standard InChI is InChI=1S/C12H10O2/c1-3-10-7-11(4-2)9-12(8-10)14-6-5-13/h1-2,7-9,13H,5-6H2. The molecule has 0 aliphatic heterocycles. The Bertz CT molecular complexity index is 362. The second-order valence-electron chi connectivity index (χ2n) is 2.61. The summed E-state index contributed by atoms with van der Waals surface area (Å²) in [4.78, 5) is 0. The van der Waals surface area contributed by atoms with Crippen LogP contribution in [0.1, 0.15) is 11.1 Å². The summed E-state index contributed by atoms with van der Waals surface area (Å²) in [7, 11) is 0. The van der Waals surface area contributed by atoms with E-state index < -0.39 is 0 Å². The predicted octanol–water partition coefficient (Wildman–Crippen LogP) is 1.02. The molecule has 0 saturated carbocycles. The minimum atomic E-state index is -0.0360. The van der Waals surface area contributed by atoms with Crippen LogP contribution in [0.3, 0.4) is 0 Å². The fraction of sp³-hybridized carbons (Fsp3) is 0.167. The molecular weight excluding hydrogens is 176 g/mol. The summed E-state index contributed by atoms with van der Waals surface area (Å²) in [5.74, 6) is 5.55. The summed E-state index contributed by atoms with van der Waals surface area (Å²) in [5.41, 5.74) is 1.35. The zero-order valence-corrected chi connectivity index (χ0v) is 7.66. The Labute approximate surface area is 83.5 Å². The fourth-order valence-corrected chi connectivity index (χ4v) is 1.01. The Kier molecular flexibility index (Phi) is 3.61. The molecule has 0 radical (unpaired) electrons. The van der Waals surface area contributed by atoms with E-state index in [-0.39, 0.29) is 13.2 Å². The monoisotopic (exact) mass is 186 g/mol. The van der Waals surface area contributed by atoms with E-state index in [1.807, 2.05) is 0 Å². The van der Waals surface area contributed by atoms with Crippen molar-refractivity contribution in [2.24, 2.45) is 0 Å². The number of rotatable bonds is 3. The van der Waals surface area contributed by atoms with E-state index >= 15 is 0 Å². The molecule has 1 N–H and O–H groups in total. The van der Waals surface area contributed by atoms with Crippen molar-refractivity contribution in [3.63, 3.8) is 0 Å². The van der Waals surface area contributed by atoms with Crippen molar-refractivity contribution in [3.05, 3.63) is 29.3 Å². The van der Waals surface area contributed by atoms with E-state index in [4.69, 9.17) is 22.7 Å². The molecule has 0 unspecified atom stereocenters. The number of terminal acetylenes is 2. The molecule has 0 aromatic heterocycles. The maximum absolute atomic E-state index is 8.57. The minimum absolute atomic E-state index is 0.0360. The van der Waals surface area contributed by atoms with Gasteiger partial charge in [0.2, 0.25) is 0 Å². The molecule has 2 heteroatoms. The van der Waals surface area contributed by atoms with Crippen molar-refractivity contribution < 1.29 is 9.84 Å². The molecule has 0 saturated heterocycles. The summed E-state index contributed by atoms with van der Waals surface area (Å²) >= 11 is 0. The van der Waals surface area contributed by atoms with Crippen LogP contribution in [0, 0.1) is 24.7 Å². The first-order chi connectivity index (χ1) is 6.80. The first-order valence-corrected chi connectivity index (χ1v) is 4.12. The van der Waals surface area contributed by atoms with Crippen LogP contribution in [0.2, 0.25) is 0 Å². The molecule has 1 rings (SSSR count). The third kappa shape index (κ3) is 2.55. The molecule has 14 heavy (non-hydrogen) atoms. The van der Waals surface area contributed by atoms with Gasteiger partial charge in [0.1, 0.15) is 12.4 Å². The average molecular weight is 186 g/mol. The highest BCUT2D eigenvalue weighted by atomic mass is 16.5.